The van der Waals surface area contributed by atoms with Gasteiger partial charge in [0.2, 0.25) is 11.8 Å². The number of anilines is 2. The largest absolute Gasteiger partial charge is 0.397 e. The lowest BCUT2D eigenvalue weighted by Crippen LogP contribution is -2.34. The summed E-state index contributed by atoms with van der Waals surface area (Å²) in [5, 5.41) is 0.496. The smallest absolute Gasteiger partial charge is 0.240 e. The molecule has 2 fully saturated rings. The molecule has 0 atom stereocenters. The molecule has 4 nitrogen and oxygen atoms in total. The molecule has 1 heterocycles. The van der Waals surface area contributed by atoms with Crippen molar-refractivity contribution in [3.05, 3.63) is 23.2 Å². The molecule has 1 saturated heterocycles. The third-order valence-electron chi connectivity index (χ3n) is 4.19. The number of benzene rings is 1. The van der Waals surface area contributed by atoms with Crippen LogP contribution in [-0.4, -0.2) is 11.8 Å². The van der Waals surface area contributed by atoms with E-state index in [2.05, 4.69) is 0 Å². The average Bonchev–Trinajstić information content (AvgIpc) is 2.89. The van der Waals surface area contributed by atoms with Gasteiger partial charge in [0.25, 0.3) is 0 Å². The first-order valence-corrected chi connectivity index (χ1v) is 6.84. The summed E-state index contributed by atoms with van der Waals surface area (Å²) >= 11 is 5.85. The van der Waals surface area contributed by atoms with Gasteiger partial charge in [-0.15, -0.1) is 0 Å². The standard InChI is InChI=1S/C14H15ClN2O2/c15-9-3-4-11(10(16)7-9)17-12(18)8-14(13(17)19)5-1-2-6-14/h3-4,7H,1-2,5-6,8,16H2. The molecule has 19 heavy (non-hydrogen) atoms. The second-order valence-electron chi connectivity index (χ2n) is 5.40. The number of nitrogen functional groups attached to an aromatic ring is 1. The van der Waals surface area contributed by atoms with E-state index in [1.165, 1.54) is 4.90 Å². The molecular weight excluding hydrogens is 264 g/mol. The first kappa shape index (κ1) is 12.5. The molecule has 1 spiro atoms. The van der Waals surface area contributed by atoms with Crippen LogP contribution < -0.4 is 10.6 Å². The molecule has 1 saturated carbocycles. The van der Waals surface area contributed by atoms with Gasteiger partial charge in [0.05, 0.1) is 16.8 Å². The summed E-state index contributed by atoms with van der Waals surface area (Å²) in [6.45, 7) is 0. The van der Waals surface area contributed by atoms with E-state index in [9.17, 15) is 9.59 Å². The molecular formula is C14H15ClN2O2. The molecule has 1 aliphatic heterocycles. The third kappa shape index (κ3) is 1.82. The van der Waals surface area contributed by atoms with Gasteiger partial charge < -0.3 is 5.73 Å². The molecule has 100 valence electrons. The second-order valence-corrected chi connectivity index (χ2v) is 5.84. The number of carbonyl (C=O) groups is 2. The minimum Gasteiger partial charge on any atom is -0.397 e. The van der Waals surface area contributed by atoms with Crippen molar-refractivity contribution in [3.63, 3.8) is 0 Å². The molecule has 0 radical (unpaired) electrons. The second kappa shape index (κ2) is 4.23. The zero-order chi connectivity index (χ0) is 13.6. The van der Waals surface area contributed by atoms with Gasteiger partial charge in [-0.25, -0.2) is 4.90 Å². The molecule has 1 aromatic rings. The van der Waals surface area contributed by atoms with Crippen molar-refractivity contribution in [2.75, 3.05) is 10.6 Å². The topological polar surface area (TPSA) is 63.4 Å². The summed E-state index contributed by atoms with van der Waals surface area (Å²) in [6.07, 6.45) is 3.96. The van der Waals surface area contributed by atoms with E-state index in [1.54, 1.807) is 18.2 Å². The predicted molar refractivity (Wildman–Crippen MR) is 73.9 cm³/mol. The van der Waals surface area contributed by atoms with Crippen LogP contribution in [-0.2, 0) is 9.59 Å². The average molecular weight is 279 g/mol. The van der Waals surface area contributed by atoms with Crippen LogP contribution in [0.15, 0.2) is 18.2 Å². The number of rotatable bonds is 1. The maximum atomic E-state index is 12.6. The summed E-state index contributed by atoms with van der Waals surface area (Å²) in [7, 11) is 0. The molecule has 1 aliphatic carbocycles. The molecule has 1 aromatic carbocycles. The Labute approximate surface area is 116 Å². The van der Waals surface area contributed by atoms with Gasteiger partial charge >= 0.3 is 0 Å². The van der Waals surface area contributed by atoms with E-state index in [1.807, 2.05) is 0 Å². The van der Waals surface area contributed by atoms with Crippen molar-refractivity contribution in [2.45, 2.75) is 32.1 Å². The van der Waals surface area contributed by atoms with E-state index >= 15 is 0 Å². The fourth-order valence-electron chi connectivity index (χ4n) is 3.21. The van der Waals surface area contributed by atoms with Gasteiger partial charge in [-0.2, -0.15) is 0 Å². The Balaban J connectivity index is 2.01. The normalized spacial score (nSPS) is 21.6. The van der Waals surface area contributed by atoms with E-state index in [4.69, 9.17) is 17.3 Å². The number of carbonyl (C=O) groups excluding carboxylic acids is 2. The van der Waals surface area contributed by atoms with Crippen LogP contribution in [0.4, 0.5) is 11.4 Å². The first-order chi connectivity index (χ1) is 9.03. The van der Waals surface area contributed by atoms with Crippen LogP contribution in [0.1, 0.15) is 32.1 Å². The zero-order valence-corrected chi connectivity index (χ0v) is 11.2. The van der Waals surface area contributed by atoms with E-state index in [0.29, 0.717) is 22.8 Å². The number of nitrogens with zero attached hydrogens (tertiary/aromatic N) is 1. The van der Waals surface area contributed by atoms with Crippen molar-refractivity contribution in [1.29, 1.82) is 0 Å². The van der Waals surface area contributed by atoms with E-state index in [-0.39, 0.29) is 11.8 Å². The maximum Gasteiger partial charge on any atom is 0.240 e. The van der Waals surface area contributed by atoms with Crippen molar-refractivity contribution in [3.8, 4) is 0 Å². The molecule has 3 rings (SSSR count). The molecule has 0 aromatic heterocycles. The van der Waals surface area contributed by atoms with Gasteiger partial charge in [-0.3, -0.25) is 9.59 Å². The Morgan fingerprint density at radius 1 is 1.21 bits per heavy atom. The fraction of sp³-hybridized carbons (Fsp3) is 0.429. The number of hydrogen-bond donors (Lipinski definition) is 1. The van der Waals surface area contributed by atoms with Crippen molar-refractivity contribution in [1.82, 2.24) is 0 Å². The van der Waals surface area contributed by atoms with Crippen LogP contribution in [0.25, 0.3) is 0 Å². The molecule has 5 heteroatoms. The Bertz CT molecular complexity index is 565. The quantitative estimate of drug-likeness (QED) is 0.635. The lowest BCUT2D eigenvalue weighted by molar-refractivity contribution is -0.125. The first-order valence-electron chi connectivity index (χ1n) is 6.46. The number of halogens is 1. The van der Waals surface area contributed by atoms with Crippen LogP contribution >= 0.6 is 11.6 Å². The minimum absolute atomic E-state index is 0.0935. The summed E-state index contributed by atoms with van der Waals surface area (Å²) in [5.41, 5.74) is 6.24. The van der Waals surface area contributed by atoms with Gasteiger partial charge in [-0.05, 0) is 31.0 Å². The van der Waals surface area contributed by atoms with Crippen LogP contribution in [0.3, 0.4) is 0 Å². The molecule has 2 N–H and O–H groups in total. The van der Waals surface area contributed by atoms with E-state index < -0.39 is 5.41 Å². The fourth-order valence-corrected chi connectivity index (χ4v) is 3.39. The number of hydrogen-bond acceptors (Lipinski definition) is 3. The van der Waals surface area contributed by atoms with E-state index in [0.717, 1.165) is 25.7 Å². The van der Waals surface area contributed by atoms with Crippen LogP contribution in [0.2, 0.25) is 5.02 Å². The van der Waals surface area contributed by atoms with Gasteiger partial charge in [0.1, 0.15) is 0 Å². The Morgan fingerprint density at radius 3 is 2.53 bits per heavy atom. The minimum atomic E-state index is -0.469. The molecule has 2 aliphatic rings. The number of amides is 2. The van der Waals surface area contributed by atoms with Crippen molar-refractivity contribution < 1.29 is 9.59 Å². The maximum absolute atomic E-state index is 12.6. The Hall–Kier alpha value is -1.55. The Morgan fingerprint density at radius 2 is 1.89 bits per heavy atom. The van der Waals surface area contributed by atoms with Gasteiger partial charge in [0, 0.05) is 11.4 Å². The zero-order valence-electron chi connectivity index (χ0n) is 10.5. The van der Waals surface area contributed by atoms with Gasteiger partial charge in [0.15, 0.2) is 0 Å². The van der Waals surface area contributed by atoms with Gasteiger partial charge in [-0.1, -0.05) is 24.4 Å². The summed E-state index contributed by atoms with van der Waals surface area (Å²) in [6, 6.07) is 4.85. The van der Waals surface area contributed by atoms with Crippen LogP contribution in [0, 0.1) is 5.41 Å². The lowest BCUT2D eigenvalue weighted by atomic mass is 9.84. The molecule has 0 bridgehead atoms. The van der Waals surface area contributed by atoms with Crippen LogP contribution in [0.5, 0.6) is 0 Å². The third-order valence-corrected chi connectivity index (χ3v) is 4.42. The predicted octanol–water partition coefficient (Wildman–Crippen LogP) is 2.75. The molecule has 0 unspecified atom stereocenters. The Kier molecular flexibility index (Phi) is 2.78. The number of imide groups is 1. The summed E-state index contributed by atoms with van der Waals surface area (Å²) in [4.78, 5) is 26.0. The highest BCUT2D eigenvalue weighted by atomic mass is 35.5. The van der Waals surface area contributed by atoms with Crippen molar-refractivity contribution in [2.24, 2.45) is 5.41 Å². The SMILES string of the molecule is Nc1cc(Cl)ccc1N1C(=O)CC2(CCCC2)C1=O. The highest BCUT2D eigenvalue weighted by molar-refractivity contribution is 6.31. The highest BCUT2D eigenvalue weighted by Crippen LogP contribution is 2.48. The highest BCUT2D eigenvalue weighted by Gasteiger charge is 2.53. The number of nitrogens with two attached hydrogens (primary N) is 1. The molecule has 2 amide bonds. The lowest BCUT2D eigenvalue weighted by Gasteiger charge is -2.21. The summed E-state index contributed by atoms with van der Waals surface area (Å²) < 4.78 is 0. The monoisotopic (exact) mass is 278 g/mol. The van der Waals surface area contributed by atoms with Crippen molar-refractivity contribution >= 4 is 34.8 Å². The summed E-state index contributed by atoms with van der Waals surface area (Å²) in [5.74, 6) is -0.245.